The molecule has 0 spiro atoms. The highest BCUT2D eigenvalue weighted by Gasteiger charge is 2.19. The summed E-state index contributed by atoms with van der Waals surface area (Å²) in [5.41, 5.74) is 2.60. The molecule has 1 aromatic carbocycles. The van der Waals surface area contributed by atoms with Crippen molar-refractivity contribution in [3.8, 4) is 0 Å². The fourth-order valence-corrected chi connectivity index (χ4v) is 3.53. The molecule has 3 heterocycles. The van der Waals surface area contributed by atoms with Crippen molar-refractivity contribution in [1.29, 1.82) is 0 Å². The Bertz CT molecular complexity index is 1010. The Hall–Kier alpha value is -2.93. The van der Waals surface area contributed by atoms with E-state index >= 15 is 0 Å². The second-order valence-electron chi connectivity index (χ2n) is 8.67. The van der Waals surface area contributed by atoms with E-state index in [0.29, 0.717) is 11.4 Å². The molecule has 0 radical (unpaired) electrons. The number of nitrogens with one attached hydrogen (secondary N) is 1. The van der Waals surface area contributed by atoms with Crippen molar-refractivity contribution < 1.29 is 4.79 Å². The maximum absolute atomic E-state index is 12.8. The van der Waals surface area contributed by atoms with Crippen LogP contribution < -0.4 is 10.2 Å². The van der Waals surface area contributed by atoms with Crippen molar-refractivity contribution >= 4 is 23.2 Å². The lowest BCUT2D eigenvalue weighted by molar-refractivity contribution is 0.102. The van der Waals surface area contributed by atoms with Gasteiger partial charge in [-0.3, -0.25) is 4.79 Å². The average Bonchev–Trinajstić information content (AvgIpc) is 3.16. The molecule has 1 N–H and O–H groups in total. The van der Waals surface area contributed by atoms with E-state index in [1.54, 1.807) is 6.20 Å². The summed E-state index contributed by atoms with van der Waals surface area (Å²) in [6, 6.07) is 11.5. The quantitative estimate of drug-likeness (QED) is 0.742. The molecule has 29 heavy (non-hydrogen) atoms. The van der Waals surface area contributed by atoms with Crippen LogP contribution in [0.1, 0.15) is 36.7 Å². The van der Waals surface area contributed by atoms with E-state index in [1.807, 2.05) is 40.9 Å². The number of rotatable bonds is 3. The number of amides is 1. The molecular weight excluding hydrogens is 364 g/mol. The van der Waals surface area contributed by atoms with E-state index in [2.05, 4.69) is 53.0 Å². The summed E-state index contributed by atoms with van der Waals surface area (Å²) in [6.07, 6.45) is 1.73. The molecule has 7 heteroatoms. The minimum atomic E-state index is -0.161. The number of anilines is 2. The van der Waals surface area contributed by atoms with Crippen LogP contribution in [0, 0.1) is 0 Å². The summed E-state index contributed by atoms with van der Waals surface area (Å²) >= 11 is 0. The van der Waals surface area contributed by atoms with Crippen LogP contribution in [0.15, 0.2) is 42.6 Å². The van der Waals surface area contributed by atoms with Gasteiger partial charge in [0.05, 0.1) is 6.20 Å². The summed E-state index contributed by atoms with van der Waals surface area (Å²) in [7, 11) is 2.13. The predicted molar refractivity (Wildman–Crippen MR) is 116 cm³/mol. The van der Waals surface area contributed by atoms with Crippen molar-refractivity contribution in [2.45, 2.75) is 26.2 Å². The molecule has 0 unspecified atom stereocenters. The summed E-state index contributed by atoms with van der Waals surface area (Å²) in [6.45, 7) is 10.3. The topological polar surface area (TPSA) is 65.8 Å². The predicted octanol–water partition coefficient (Wildman–Crippen LogP) is 3.03. The number of carbonyl (C=O) groups is 1. The Morgan fingerprint density at radius 3 is 2.38 bits per heavy atom. The average molecular weight is 393 g/mol. The number of hydrogen-bond acceptors (Lipinski definition) is 5. The highest BCUT2D eigenvalue weighted by Crippen LogP contribution is 2.24. The molecule has 1 aliphatic rings. The van der Waals surface area contributed by atoms with Crippen LogP contribution in [0.2, 0.25) is 0 Å². The number of aromatic nitrogens is 3. The first-order valence-electron chi connectivity index (χ1n) is 10.0. The Labute approximate surface area is 171 Å². The van der Waals surface area contributed by atoms with Crippen molar-refractivity contribution in [2.75, 3.05) is 43.4 Å². The molecule has 152 valence electrons. The van der Waals surface area contributed by atoms with Gasteiger partial charge in [0.25, 0.3) is 5.91 Å². The van der Waals surface area contributed by atoms with Crippen LogP contribution in [0.4, 0.5) is 11.6 Å². The normalized spacial score (nSPS) is 15.7. The Balaban J connectivity index is 1.58. The number of fused-ring (bicyclic) bond motifs is 1. The zero-order valence-electron chi connectivity index (χ0n) is 17.5. The van der Waals surface area contributed by atoms with E-state index in [1.165, 1.54) is 5.56 Å². The number of piperazine rings is 1. The molecule has 1 amide bonds. The molecule has 1 saturated heterocycles. The SMILES string of the molecule is CN1CCN(c2cc(NC(=O)c3ccc(C(C)(C)C)cc3)nc3ccnn23)CC1. The van der Waals surface area contributed by atoms with Crippen LogP contribution in [0.3, 0.4) is 0 Å². The van der Waals surface area contributed by atoms with Gasteiger partial charge in [0.15, 0.2) is 5.65 Å². The fourth-order valence-electron chi connectivity index (χ4n) is 3.53. The van der Waals surface area contributed by atoms with E-state index in [4.69, 9.17) is 0 Å². The highest BCUT2D eigenvalue weighted by molar-refractivity contribution is 6.04. The molecule has 7 nitrogen and oxygen atoms in total. The summed E-state index contributed by atoms with van der Waals surface area (Å²) < 4.78 is 1.83. The van der Waals surface area contributed by atoms with Gasteiger partial charge in [-0.1, -0.05) is 32.9 Å². The molecule has 0 saturated carbocycles. The lowest BCUT2D eigenvalue weighted by atomic mass is 9.87. The lowest BCUT2D eigenvalue weighted by Gasteiger charge is -2.34. The third-order valence-corrected chi connectivity index (χ3v) is 5.42. The minimum Gasteiger partial charge on any atom is -0.354 e. The number of nitrogens with zero attached hydrogens (tertiary/aromatic N) is 5. The zero-order chi connectivity index (χ0) is 20.6. The largest absolute Gasteiger partial charge is 0.354 e. The van der Waals surface area contributed by atoms with Crippen LogP contribution in [0.25, 0.3) is 5.65 Å². The van der Waals surface area contributed by atoms with Crippen molar-refractivity contribution in [3.05, 3.63) is 53.7 Å². The summed E-state index contributed by atoms with van der Waals surface area (Å²) in [5, 5.41) is 7.37. The lowest BCUT2D eigenvalue weighted by Crippen LogP contribution is -2.45. The molecule has 0 bridgehead atoms. The van der Waals surface area contributed by atoms with Gasteiger partial charge in [-0.2, -0.15) is 9.61 Å². The van der Waals surface area contributed by atoms with Crippen LogP contribution >= 0.6 is 0 Å². The fraction of sp³-hybridized carbons (Fsp3) is 0.409. The second-order valence-corrected chi connectivity index (χ2v) is 8.67. The van der Waals surface area contributed by atoms with Gasteiger partial charge in [0, 0.05) is 43.9 Å². The first kappa shape index (κ1) is 19.4. The molecule has 0 aliphatic carbocycles. The van der Waals surface area contributed by atoms with E-state index in [0.717, 1.165) is 37.6 Å². The summed E-state index contributed by atoms with van der Waals surface area (Å²) in [5.74, 6) is 1.33. The highest BCUT2D eigenvalue weighted by atomic mass is 16.1. The first-order valence-corrected chi connectivity index (χ1v) is 10.0. The third-order valence-electron chi connectivity index (χ3n) is 5.42. The van der Waals surface area contributed by atoms with E-state index in [9.17, 15) is 4.79 Å². The summed E-state index contributed by atoms with van der Waals surface area (Å²) in [4.78, 5) is 21.9. The van der Waals surface area contributed by atoms with Gasteiger partial charge in [0.2, 0.25) is 0 Å². The molecule has 1 aliphatic heterocycles. The van der Waals surface area contributed by atoms with Gasteiger partial charge >= 0.3 is 0 Å². The van der Waals surface area contributed by atoms with Crippen LogP contribution in [-0.4, -0.2) is 58.6 Å². The zero-order valence-corrected chi connectivity index (χ0v) is 17.5. The maximum Gasteiger partial charge on any atom is 0.256 e. The van der Waals surface area contributed by atoms with Crippen LogP contribution in [-0.2, 0) is 5.41 Å². The molecular formula is C22H28N6O. The third kappa shape index (κ3) is 4.10. The van der Waals surface area contributed by atoms with Crippen LogP contribution in [0.5, 0.6) is 0 Å². The monoisotopic (exact) mass is 392 g/mol. The maximum atomic E-state index is 12.8. The molecule has 2 aromatic heterocycles. The second kappa shape index (κ2) is 7.48. The molecule has 3 aromatic rings. The smallest absolute Gasteiger partial charge is 0.256 e. The van der Waals surface area contributed by atoms with E-state index < -0.39 is 0 Å². The Morgan fingerprint density at radius 1 is 1.03 bits per heavy atom. The Morgan fingerprint density at radius 2 is 1.72 bits per heavy atom. The van der Waals surface area contributed by atoms with Crippen molar-refractivity contribution in [3.63, 3.8) is 0 Å². The molecule has 0 atom stereocenters. The van der Waals surface area contributed by atoms with Gasteiger partial charge in [0.1, 0.15) is 11.6 Å². The molecule has 4 rings (SSSR count). The van der Waals surface area contributed by atoms with E-state index in [-0.39, 0.29) is 11.3 Å². The number of benzene rings is 1. The van der Waals surface area contributed by atoms with Gasteiger partial charge < -0.3 is 15.1 Å². The number of hydrogen-bond donors (Lipinski definition) is 1. The first-order chi connectivity index (χ1) is 13.8. The number of carbonyl (C=O) groups excluding carboxylic acids is 1. The standard InChI is InChI=1S/C22H28N6O/c1-22(2,3)17-7-5-16(6-8-17)21(29)25-18-15-20(27-13-11-26(4)12-14-27)28-19(24-18)9-10-23-28/h5-10,15H,11-14H2,1-4H3,(H,24,25,29). The Kier molecular flexibility index (Phi) is 5.00. The van der Waals surface area contributed by atoms with Gasteiger partial charge in [-0.25, -0.2) is 4.98 Å². The van der Waals surface area contributed by atoms with Gasteiger partial charge in [-0.15, -0.1) is 0 Å². The van der Waals surface area contributed by atoms with Crippen molar-refractivity contribution in [2.24, 2.45) is 0 Å². The molecule has 1 fully saturated rings. The number of likely N-dealkylation sites (N-methyl/N-ethyl adjacent to an activating group) is 1. The van der Waals surface area contributed by atoms with Gasteiger partial charge in [-0.05, 0) is 30.2 Å². The minimum absolute atomic E-state index is 0.0566. The van der Waals surface area contributed by atoms with Crippen molar-refractivity contribution in [1.82, 2.24) is 19.5 Å².